The Labute approximate surface area is 166 Å². The van der Waals surface area contributed by atoms with Gasteiger partial charge in [-0.3, -0.25) is 4.79 Å². The van der Waals surface area contributed by atoms with E-state index in [1.807, 2.05) is 5.38 Å². The number of rotatable bonds is 5. The van der Waals surface area contributed by atoms with E-state index in [1.54, 1.807) is 0 Å². The first-order valence-electron chi connectivity index (χ1n) is 7.80. The van der Waals surface area contributed by atoms with Crippen molar-refractivity contribution < 1.29 is 13.6 Å². The summed E-state index contributed by atoms with van der Waals surface area (Å²) in [6, 6.07) is 2.51. The lowest BCUT2D eigenvalue weighted by Crippen LogP contribution is -2.26. The van der Waals surface area contributed by atoms with Crippen LogP contribution in [0, 0.1) is 11.2 Å². The Morgan fingerprint density at radius 3 is 2.60 bits per heavy atom. The van der Waals surface area contributed by atoms with E-state index in [0.717, 1.165) is 11.8 Å². The Morgan fingerprint density at radius 2 is 2.04 bits per heavy atom. The van der Waals surface area contributed by atoms with Crippen LogP contribution in [0.4, 0.5) is 4.39 Å². The van der Waals surface area contributed by atoms with Gasteiger partial charge >= 0.3 is 0 Å². The van der Waals surface area contributed by atoms with Gasteiger partial charge in [-0.15, -0.1) is 11.3 Å². The van der Waals surface area contributed by atoms with Crippen LogP contribution in [0.5, 0.6) is 0 Å². The summed E-state index contributed by atoms with van der Waals surface area (Å²) in [5.41, 5.74) is 0.837. The fraction of sp³-hybridized carbons (Fsp3) is 0.412. The first-order valence-corrected chi connectivity index (χ1v) is 12.6. The van der Waals surface area contributed by atoms with Crippen molar-refractivity contribution in [2.75, 3.05) is 0 Å². The molecule has 2 rings (SSSR count). The average molecular weight is 465 g/mol. The minimum Gasteiger partial charge on any atom is -0.412 e. The fourth-order valence-electron chi connectivity index (χ4n) is 2.31. The van der Waals surface area contributed by atoms with Gasteiger partial charge in [0.15, 0.2) is 14.0 Å². The van der Waals surface area contributed by atoms with Crippen LogP contribution in [0.2, 0.25) is 18.1 Å². The number of ketones is 1. The standard InChI is InChI=1S/C17H20BrClFNO2SSi/c1-17(2,3)15(23-25(4)5)13-8-24-16(21-13)14(22)9-6-10(18)12(20)7-11(9)19/h6-8,15,25H,1-5H3. The molecular formula is C17H20BrClFNO2SSi. The summed E-state index contributed by atoms with van der Waals surface area (Å²) in [5, 5.41) is 2.24. The van der Waals surface area contributed by atoms with Crippen LogP contribution in [0.15, 0.2) is 22.0 Å². The number of hydrogen-bond donors (Lipinski definition) is 0. The summed E-state index contributed by atoms with van der Waals surface area (Å²) in [6.07, 6.45) is -0.174. The van der Waals surface area contributed by atoms with Gasteiger partial charge in [0.05, 0.1) is 21.3 Å². The molecular weight excluding hydrogens is 445 g/mol. The average Bonchev–Trinajstić information content (AvgIpc) is 2.96. The predicted molar refractivity (Wildman–Crippen MR) is 107 cm³/mol. The molecule has 0 bridgehead atoms. The molecule has 0 aliphatic carbocycles. The van der Waals surface area contributed by atoms with Crippen molar-refractivity contribution in [2.45, 2.75) is 40.0 Å². The maximum atomic E-state index is 13.5. The first kappa shape index (κ1) is 20.7. The smallest absolute Gasteiger partial charge is 0.223 e. The summed E-state index contributed by atoms with van der Waals surface area (Å²) < 4.78 is 19.9. The number of thiazole rings is 1. The normalized spacial score (nSPS) is 13.3. The molecule has 0 N–H and O–H groups in total. The highest BCUT2D eigenvalue weighted by Gasteiger charge is 2.31. The largest absolute Gasteiger partial charge is 0.412 e. The van der Waals surface area contributed by atoms with Crippen molar-refractivity contribution in [2.24, 2.45) is 5.41 Å². The van der Waals surface area contributed by atoms with Gasteiger partial charge < -0.3 is 4.43 Å². The van der Waals surface area contributed by atoms with Gasteiger partial charge in [0.25, 0.3) is 0 Å². The van der Waals surface area contributed by atoms with Crippen molar-refractivity contribution in [1.29, 1.82) is 0 Å². The van der Waals surface area contributed by atoms with E-state index in [1.165, 1.54) is 17.4 Å². The lowest BCUT2D eigenvalue weighted by atomic mass is 9.88. The third kappa shape index (κ3) is 4.98. The van der Waals surface area contributed by atoms with Crippen LogP contribution in [0.3, 0.4) is 0 Å². The summed E-state index contributed by atoms with van der Waals surface area (Å²) in [6.45, 7) is 10.5. The second-order valence-electron chi connectivity index (χ2n) is 7.08. The minimum absolute atomic E-state index is 0.0701. The number of aromatic nitrogens is 1. The fourth-order valence-corrected chi connectivity index (χ4v) is 4.77. The highest BCUT2D eigenvalue weighted by Crippen LogP contribution is 2.37. The summed E-state index contributed by atoms with van der Waals surface area (Å²) in [4.78, 5) is 17.2. The predicted octanol–water partition coefficient (Wildman–Crippen LogP) is 6.02. The summed E-state index contributed by atoms with van der Waals surface area (Å²) in [7, 11) is -1.28. The van der Waals surface area contributed by atoms with Gasteiger partial charge in [-0.25, -0.2) is 9.37 Å². The quantitative estimate of drug-likeness (QED) is 0.309. The molecule has 3 nitrogen and oxygen atoms in total. The third-order valence-corrected chi connectivity index (χ3v) is 6.03. The first-order chi connectivity index (χ1) is 11.5. The van der Waals surface area contributed by atoms with Gasteiger partial charge in [0.2, 0.25) is 5.78 Å². The lowest BCUT2D eigenvalue weighted by molar-refractivity contribution is 0.0829. The van der Waals surface area contributed by atoms with Crippen LogP contribution < -0.4 is 0 Å². The molecule has 136 valence electrons. The maximum absolute atomic E-state index is 13.5. The Kier molecular flexibility index (Phi) is 6.59. The van der Waals surface area contributed by atoms with Crippen LogP contribution in [-0.2, 0) is 4.43 Å². The number of halogens is 3. The number of hydrogen-bond acceptors (Lipinski definition) is 4. The highest BCUT2D eigenvalue weighted by atomic mass is 79.9. The molecule has 1 aromatic heterocycles. The second-order valence-corrected chi connectivity index (χ2v) is 11.6. The van der Waals surface area contributed by atoms with Gasteiger partial charge in [0, 0.05) is 10.9 Å². The van der Waals surface area contributed by atoms with E-state index in [9.17, 15) is 9.18 Å². The second kappa shape index (κ2) is 7.96. The molecule has 0 spiro atoms. The molecule has 1 aromatic carbocycles. The molecule has 1 heterocycles. The van der Waals surface area contributed by atoms with Crippen molar-refractivity contribution >= 4 is 53.7 Å². The zero-order valence-electron chi connectivity index (χ0n) is 14.7. The van der Waals surface area contributed by atoms with Crippen LogP contribution in [-0.4, -0.2) is 19.8 Å². The molecule has 0 saturated heterocycles. The zero-order chi connectivity index (χ0) is 18.9. The van der Waals surface area contributed by atoms with Crippen LogP contribution >= 0.6 is 38.9 Å². The van der Waals surface area contributed by atoms with Crippen LogP contribution in [0.1, 0.15) is 47.9 Å². The van der Waals surface area contributed by atoms with E-state index in [2.05, 4.69) is 54.8 Å². The molecule has 2 aromatic rings. The third-order valence-electron chi connectivity index (χ3n) is 3.43. The number of carbonyl (C=O) groups is 1. The molecule has 0 aliphatic heterocycles. The van der Waals surface area contributed by atoms with Gasteiger partial charge in [-0.1, -0.05) is 32.4 Å². The minimum atomic E-state index is -1.28. The van der Waals surface area contributed by atoms with Crippen LogP contribution in [0.25, 0.3) is 0 Å². The van der Waals surface area contributed by atoms with E-state index < -0.39 is 14.9 Å². The SMILES string of the molecule is C[SiH](C)OC(c1csc(C(=O)c2cc(Br)c(F)cc2Cl)n1)C(C)(C)C. The lowest BCUT2D eigenvalue weighted by Gasteiger charge is -2.31. The molecule has 0 aliphatic rings. The maximum Gasteiger partial charge on any atom is 0.223 e. The molecule has 8 heteroatoms. The Balaban J connectivity index is 2.37. The number of benzene rings is 1. The van der Waals surface area contributed by atoms with E-state index in [4.69, 9.17) is 16.0 Å². The monoisotopic (exact) mass is 463 g/mol. The molecule has 0 saturated carbocycles. The van der Waals surface area contributed by atoms with Crippen molar-refractivity contribution in [3.63, 3.8) is 0 Å². The topological polar surface area (TPSA) is 39.2 Å². The van der Waals surface area contributed by atoms with Crippen molar-refractivity contribution in [1.82, 2.24) is 4.98 Å². The molecule has 0 fully saturated rings. The molecule has 1 atom stereocenters. The number of carbonyl (C=O) groups excluding carboxylic acids is 1. The zero-order valence-corrected chi connectivity index (χ0v) is 19.0. The van der Waals surface area contributed by atoms with Crippen molar-refractivity contribution in [3.8, 4) is 0 Å². The van der Waals surface area contributed by atoms with Gasteiger partial charge in [-0.05, 0) is 46.6 Å². The highest BCUT2D eigenvalue weighted by molar-refractivity contribution is 9.10. The molecule has 0 amide bonds. The van der Waals surface area contributed by atoms with E-state index in [-0.39, 0.29) is 32.4 Å². The van der Waals surface area contributed by atoms with Gasteiger partial charge in [0.1, 0.15) is 5.82 Å². The van der Waals surface area contributed by atoms with E-state index in [0.29, 0.717) is 5.01 Å². The summed E-state index contributed by atoms with van der Waals surface area (Å²) in [5.74, 6) is -0.833. The Hall–Kier alpha value is -0.603. The van der Waals surface area contributed by atoms with Crippen molar-refractivity contribution in [3.05, 3.63) is 49.1 Å². The van der Waals surface area contributed by atoms with Gasteiger partial charge in [-0.2, -0.15) is 0 Å². The number of nitrogens with zero attached hydrogens (tertiary/aromatic N) is 1. The Bertz CT molecular complexity index is 791. The molecule has 0 radical (unpaired) electrons. The Morgan fingerprint density at radius 1 is 1.40 bits per heavy atom. The molecule has 1 unspecified atom stereocenters. The molecule has 25 heavy (non-hydrogen) atoms. The summed E-state index contributed by atoms with van der Waals surface area (Å²) >= 11 is 10.4. The van der Waals surface area contributed by atoms with E-state index >= 15 is 0 Å².